The molecule has 3 heteroatoms. The van der Waals surface area contributed by atoms with Crippen molar-refractivity contribution in [3.63, 3.8) is 0 Å². The van der Waals surface area contributed by atoms with E-state index in [2.05, 4.69) is 0 Å². The van der Waals surface area contributed by atoms with Gasteiger partial charge in [-0.25, -0.2) is 0 Å². The van der Waals surface area contributed by atoms with Gasteiger partial charge in [-0.05, 0) is 19.8 Å². The zero-order valence-corrected chi connectivity index (χ0v) is 6.91. The summed E-state index contributed by atoms with van der Waals surface area (Å²) in [5.74, 6) is 0.793. The summed E-state index contributed by atoms with van der Waals surface area (Å²) in [7, 11) is -0.638. The lowest BCUT2D eigenvalue weighted by Gasteiger charge is -2.01. The van der Waals surface area contributed by atoms with Crippen LogP contribution in [0.2, 0.25) is 0 Å². The van der Waals surface area contributed by atoms with Gasteiger partial charge >= 0.3 is 0 Å². The quantitative estimate of drug-likeness (QED) is 0.632. The van der Waals surface area contributed by atoms with Crippen LogP contribution in [0.25, 0.3) is 0 Å². The second kappa shape index (κ2) is 4.94. The summed E-state index contributed by atoms with van der Waals surface area (Å²) in [6.07, 6.45) is 3.70. The third kappa shape index (κ3) is 8.11. The molecule has 2 nitrogen and oxygen atoms in total. The van der Waals surface area contributed by atoms with Crippen LogP contribution in [-0.2, 0) is 10.8 Å². The minimum absolute atomic E-state index is 0.258. The lowest BCUT2D eigenvalue weighted by Crippen LogP contribution is -2.15. The van der Waals surface area contributed by atoms with Gasteiger partial charge in [-0.1, -0.05) is 0 Å². The molecule has 0 bridgehead atoms. The predicted octanol–water partition coefficient (Wildman–Crippen LogP) is 0.492. The predicted molar refractivity (Wildman–Crippen MR) is 41.8 cm³/mol. The minimum atomic E-state index is -0.638. The highest BCUT2D eigenvalue weighted by Gasteiger charge is 1.94. The largest absolute Gasteiger partial charge is 0.328 e. The molecule has 2 N–H and O–H groups in total. The second-order valence-corrected chi connectivity index (χ2v) is 3.95. The van der Waals surface area contributed by atoms with Gasteiger partial charge in [0.25, 0.3) is 0 Å². The molecule has 2 atom stereocenters. The van der Waals surface area contributed by atoms with Crippen molar-refractivity contribution >= 4 is 10.8 Å². The Morgan fingerprint density at radius 3 is 2.56 bits per heavy atom. The van der Waals surface area contributed by atoms with E-state index in [1.54, 1.807) is 6.26 Å². The van der Waals surface area contributed by atoms with Crippen LogP contribution >= 0.6 is 0 Å². The van der Waals surface area contributed by atoms with E-state index in [4.69, 9.17) is 5.73 Å². The molecule has 0 aliphatic heterocycles. The molecule has 0 aliphatic carbocycles. The lowest BCUT2D eigenvalue weighted by molar-refractivity contribution is 0.645. The maximum Gasteiger partial charge on any atom is 0.0232 e. The molecule has 0 aromatic rings. The monoisotopic (exact) mass is 149 g/mol. The van der Waals surface area contributed by atoms with E-state index in [1.165, 1.54) is 0 Å². The highest BCUT2D eigenvalue weighted by molar-refractivity contribution is 7.84. The van der Waals surface area contributed by atoms with Gasteiger partial charge in [-0.2, -0.15) is 0 Å². The van der Waals surface area contributed by atoms with Crippen molar-refractivity contribution in [1.29, 1.82) is 0 Å². The molecule has 0 aromatic heterocycles. The number of hydrogen-bond acceptors (Lipinski definition) is 2. The fourth-order valence-electron chi connectivity index (χ4n) is 0.609. The number of rotatable bonds is 4. The van der Waals surface area contributed by atoms with Gasteiger partial charge in [-0.3, -0.25) is 4.21 Å². The van der Waals surface area contributed by atoms with E-state index < -0.39 is 10.8 Å². The first-order valence-corrected chi connectivity index (χ1v) is 4.91. The topological polar surface area (TPSA) is 43.1 Å². The van der Waals surface area contributed by atoms with Crippen LogP contribution in [0.5, 0.6) is 0 Å². The fraction of sp³-hybridized carbons (Fsp3) is 1.00. The molecular formula is C6H15NOS. The Balaban J connectivity index is 3.01. The van der Waals surface area contributed by atoms with E-state index in [0.717, 1.165) is 18.6 Å². The average molecular weight is 149 g/mol. The molecule has 2 unspecified atom stereocenters. The first-order valence-electron chi connectivity index (χ1n) is 3.18. The smallest absolute Gasteiger partial charge is 0.0232 e. The average Bonchev–Trinajstić information content (AvgIpc) is 1.63. The zero-order valence-electron chi connectivity index (χ0n) is 6.09. The van der Waals surface area contributed by atoms with E-state index in [0.29, 0.717) is 0 Å². The van der Waals surface area contributed by atoms with Gasteiger partial charge in [0.05, 0.1) is 0 Å². The maximum absolute atomic E-state index is 10.5. The molecule has 9 heavy (non-hydrogen) atoms. The SMILES string of the molecule is CC(N)CCCS(C)=O. The molecule has 0 aromatic carbocycles. The lowest BCUT2D eigenvalue weighted by atomic mass is 10.2. The number of hydrogen-bond donors (Lipinski definition) is 1. The summed E-state index contributed by atoms with van der Waals surface area (Å²) in [6, 6.07) is 0.258. The van der Waals surface area contributed by atoms with Crippen LogP contribution in [0.1, 0.15) is 19.8 Å². The molecule has 0 saturated heterocycles. The van der Waals surface area contributed by atoms with E-state index in [1.807, 2.05) is 6.92 Å². The molecule has 0 spiro atoms. The molecule has 0 heterocycles. The Hall–Kier alpha value is 0.110. The van der Waals surface area contributed by atoms with Crippen LogP contribution in [-0.4, -0.2) is 22.3 Å². The van der Waals surface area contributed by atoms with E-state index in [-0.39, 0.29) is 6.04 Å². The zero-order chi connectivity index (χ0) is 7.28. The van der Waals surface area contributed by atoms with Gasteiger partial charge < -0.3 is 5.73 Å². The second-order valence-electron chi connectivity index (χ2n) is 2.40. The summed E-state index contributed by atoms with van der Waals surface area (Å²) in [6.45, 7) is 1.97. The Bertz CT molecular complexity index is 93.1. The Morgan fingerprint density at radius 1 is 1.67 bits per heavy atom. The molecule has 0 aliphatic rings. The van der Waals surface area contributed by atoms with Gasteiger partial charge in [0.2, 0.25) is 0 Å². The molecule has 0 amide bonds. The van der Waals surface area contributed by atoms with Crippen molar-refractivity contribution in [1.82, 2.24) is 0 Å². The molecule has 0 radical (unpaired) electrons. The normalized spacial score (nSPS) is 17.2. The van der Waals surface area contributed by atoms with Gasteiger partial charge in [0.15, 0.2) is 0 Å². The third-order valence-corrected chi connectivity index (χ3v) is 1.95. The standard InChI is InChI=1S/C6H15NOS/c1-6(7)4-3-5-9(2)8/h6H,3-5,7H2,1-2H3. The van der Waals surface area contributed by atoms with Crippen molar-refractivity contribution in [2.24, 2.45) is 5.73 Å². The van der Waals surface area contributed by atoms with Crippen molar-refractivity contribution in [3.8, 4) is 0 Å². The maximum atomic E-state index is 10.5. The van der Waals surface area contributed by atoms with Crippen molar-refractivity contribution in [2.75, 3.05) is 12.0 Å². The summed E-state index contributed by atoms with van der Waals surface area (Å²) in [5, 5.41) is 0. The van der Waals surface area contributed by atoms with Crippen LogP contribution in [0.15, 0.2) is 0 Å². The van der Waals surface area contributed by atoms with Crippen molar-refractivity contribution < 1.29 is 4.21 Å². The van der Waals surface area contributed by atoms with Crippen LogP contribution in [0.4, 0.5) is 0 Å². The van der Waals surface area contributed by atoms with E-state index in [9.17, 15) is 4.21 Å². The Morgan fingerprint density at radius 2 is 2.22 bits per heavy atom. The van der Waals surface area contributed by atoms with E-state index >= 15 is 0 Å². The Labute approximate surface area is 59.3 Å². The van der Waals surface area contributed by atoms with Gasteiger partial charge in [0.1, 0.15) is 0 Å². The number of nitrogens with two attached hydrogens (primary N) is 1. The third-order valence-electron chi connectivity index (χ3n) is 1.09. The van der Waals surface area contributed by atoms with Crippen molar-refractivity contribution in [2.45, 2.75) is 25.8 Å². The molecule has 0 rings (SSSR count). The molecule has 0 saturated carbocycles. The first-order chi connectivity index (χ1) is 4.13. The summed E-state index contributed by atoms with van der Waals surface area (Å²) < 4.78 is 10.5. The summed E-state index contributed by atoms with van der Waals surface area (Å²) in [5.41, 5.74) is 5.48. The minimum Gasteiger partial charge on any atom is -0.328 e. The fourth-order valence-corrected chi connectivity index (χ4v) is 1.18. The molecule has 56 valence electrons. The first kappa shape index (κ1) is 9.11. The van der Waals surface area contributed by atoms with Crippen molar-refractivity contribution in [3.05, 3.63) is 0 Å². The highest BCUT2D eigenvalue weighted by atomic mass is 32.2. The van der Waals surface area contributed by atoms with Crippen LogP contribution in [0, 0.1) is 0 Å². The van der Waals surface area contributed by atoms with Crippen LogP contribution < -0.4 is 5.73 Å². The van der Waals surface area contributed by atoms with Gasteiger partial charge in [-0.15, -0.1) is 0 Å². The van der Waals surface area contributed by atoms with Gasteiger partial charge in [0, 0.05) is 28.9 Å². The Kier molecular flexibility index (Phi) is 5.00. The molecular weight excluding hydrogens is 134 g/mol. The van der Waals surface area contributed by atoms with Crippen LogP contribution in [0.3, 0.4) is 0 Å². The summed E-state index contributed by atoms with van der Waals surface area (Å²) >= 11 is 0. The highest BCUT2D eigenvalue weighted by Crippen LogP contribution is 1.93. The summed E-state index contributed by atoms with van der Waals surface area (Å²) in [4.78, 5) is 0. The molecule has 0 fully saturated rings.